The minimum Gasteiger partial charge on any atom is -0.458 e. The highest BCUT2D eigenvalue weighted by atomic mass is 16.6. The zero-order valence-corrected chi connectivity index (χ0v) is 20.0. The van der Waals surface area contributed by atoms with Gasteiger partial charge >= 0.3 is 17.9 Å². The van der Waals surface area contributed by atoms with Gasteiger partial charge in [0, 0.05) is 11.3 Å². The molecule has 2 aliphatic carbocycles. The Morgan fingerprint density at radius 2 is 1.73 bits per heavy atom. The number of carbonyl (C=O) groups excluding carboxylic acids is 3. The molecule has 30 heavy (non-hydrogen) atoms. The summed E-state index contributed by atoms with van der Waals surface area (Å²) >= 11 is 0. The Morgan fingerprint density at radius 1 is 1.13 bits per heavy atom. The van der Waals surface area contributed by atoms with Gasteiger partial charge in [-0.05, 0) is 43.9 Å². The number of rotatable bonds is 5. The van der Waals surface area contributed by atoms with Gasteiger partial charge in [0.2, 0.25) is 0 Å². The lowest BCUT2D eigenvalue weighted by atomic mass is 9.61. The van der Waals surface area contributed by atoms with Crippen LogP contribution in [0, 0.1) is 33.5 Å². The Balaban J connectivity index is 1.68. The van der Waals surface area contributed by atoms with E-state index in [1.54, 1.807) is 6.92 Å². The number of ether oxygens (including phenoxy) is 3. The molecule has 0 radical (unpaired) electrons. The van der Waals surface area contributed by atoms with Crippen molar-refractivity contribution < 1.29 is 28.6 Å². The lowest BCUT2D eigenvalue weighted by Crippen LogP contribution is -2.47. The molecule has 7 unspecified atom stereocenters. The van der Waals surface area contributed by atoms with E-state index in [1.165, 1.54) is 0 Å². The summed E-state index contributed by atoms with van der Waals surface area (Å²) in [6, 6.07) is 0. The Bertz CT molecular complexity index is 744. The number of fused-ring (bicyclic) bond motifs is 1. The van der Waals surface area contributed by atoms with Crippen LogP contribution in [0.2, 0.25) is 0 Å². The first-order valence-corrected chi connectivity index (χ1v) is 11.1. The van der Waals surface area contributed by atoms with Crippen molar-refractivity contribution in [1.29, 1.82) is 0 Å². The van der Waals surface area contributed by atoms with Crippen molar-refractivity contribution in [3.63, 3.8) is 0 Å². The van der Waals surface area contributed by atoms with E-state index in [0.717, 1.165) is 6.42 Å². The molecule has 2 saturated carbocycles. The molecule has 6 heteroatoms. The average molecular weight is 423 g/mol. The van der Waals surface area contributed by atoms with E-state index in [0.29, 0.717) is 12.8 Å². The topological polar surface area (TPSA) is 78.9 Å². The number of hydrogen-bond acceptors (Lipinski definition) is 6. The molecule has 3 fully saturated rings. The van der Waals surface area contributed by atoms with Gasteiger partial charge in [-0.1, -0.05) is 48.5 Å². The van der Waals surface area contributed by atoms with Crippen LogP contribution in [0.1, 0.15) is 81.6 Å². The first-order chi connectivity index (χ1) is 13.5. The van der Waals surface area contributed by atoms with Gasteiger partial charge in [-0.3, -0.25) is 9.59 Å². The Hall–Kier alpha value is -1.59. The van der Waals surface area contributed by atoms with E-state index < -0.39 is 23.6 Å². The van der Waals surface area contributed by atoms with Crippen LogP contribution in [-0.4, -0.2) is 36.2 Å². The van der Waals surface area contributed by atoms with Crippen LogP contribution in [-0.2, 0) is 28.6 Å². The molecule has 0 amide bonds. The third kappa shape index (κ3) is 3.75. The third-order valence-electron chi connectivity index (χ3n) is 7.72. The molecule has 3 aliphatic rings. The van der Waals surface area contributed by atoms with Crippen LogP contribution in [0.15, 0.2) is 0 Å². The van der Waals surface area contributed by atoms with E-state index >= 15 is 0 Å². The number of esters is 3. The lowest BCUT2D eigenvalue weighted by Gasteiger charge is -2.43. The Morgan fingerprint density at radius 3 is 2.27 bits per heavy atom. The smallest absolute Gasteiger partial charge is 0.347 e. The minimum atomic E-state index is -1.02. The van der Waals surface area contributed by atoms with Crippen LogP contribution in [0.25, 0.3) is 0 Å². The van der Waals surface area contributed by atoms with Crippen LogP contribution < -0.4 is 0 Å². The van der Waals surface area contributed by atoms with Gasteiger partial charge in [0.25, 0.3) is 0 Å². The molecule has 2 bridgehead atoms. The molecule has 6 nitrogen and oxygen atoms in total. The first-order valence-electron chi connectivity index (χ1n) is 11.1. The second-order valence-corrected chi connectivity index (χ2v) is 12.5. The zero-order chi connectivity index (χ0) is 22.9. The van der Waals surface area contributed by atoms with Gasteiger partial charge in [-0.25, -0.2) is 4.79 Å². The maximum atomic E-state index is 13.2. The highest BCUT2D eigenvalue weighted by molar-refractivity contribution is 5.83. The fraction of sp³-hybridized carbons (Fsp3) is 0.875. The molecule has 1 aliphatic heterocycles. The summed E-state index contributed by atoms with van der Waals surface area (Å²) in [6.07, 6.45) is 0.290. The van der Waals surface area contributed by atoms with Crippen LogP contribution >= 0.6 is 0 Å². The van der Waals surface area contributed by atoms with Crippen molar-refractivity contribution in [2.75, 3.05) is 0 Å². The van der Waals surface area contributed by atoms with E-state index in [4.69, 9.17) is 14.2 Å². The SMILES string of the molecule is CC(OC(=O)C(C)(CC(C)(C)C)C(C)(C)C)C(=O)OC1C2OC(=O)C3CC1(C)CC32. The van der Waals surface area contributed by atoms with E-state index in [2.05, 4.69) is 27.7 Å². The third-order valence-corrected chi connectivity index (χ3v) is 7.72. The summed E-state index contributed by atoms with van der Waals surface area (Å²) in [5, 5.41) is 0. The molecule has 7 atom stereocenters. The van der Waals surface area contributed by atoms with Crippen molar-refractivity contribution in [3.8, 4) is 0 Å². The van der Waals surface area contributed by atoms with Gasteiger partial charge in [0.15, 0.2) is 6.10 Å². The molecule has 0 aromatic carbocycles. The summed E-state index contributed by atoms with van der Waals surface area (Å²) < 4.78 is 17.0. The maximum absolute atomic E-state index is 13.2. The second kappa shape index (κ2) is 6.96. The summed E-state index contributed by atoms with van der Waals surface area (Å²) in [5.74, 6) is -1.06. The molecule has 3 rings (SSSR count). The van der Waals surface area contributed by atoms with E-state index in [1.807, 2.05) is 27.7 Å². The van der Waals surface area contributed by atoms with Gasteiger partial charge in [0.05, 0.1) is 11.3 Å². The standard InChI is InChI=1S/C24H38O6/c1-13(28-20(27)24(9,22(5,6)7)12-21(2,3)4)18(25)30-17-16-14-10-23(17,8)11-15(14)19(26)29-16/h13-17H,10-12H2,1-9H3. The van der Waals surface area contributed by atoms with Crippen LogP contribution in [0.3, 0.4) is 0 Å². The zero-order valence-electron chi connectivity index (χ0n) is 20.0. The summed E-state index contributed by atoms with van der Waals surface area (Å²) in [7, 11) is 0. The fourth-order valence-corrected chi connectivity index (χ4v) is 5.72. The summed E-state index contributed by atoms with van der Waals surface area (Å²) in [4.78, 5) is 38.1. The van der Waals surface area contributed by atoms with Crippen molar-refractivity contribution in [3.05, 3.63) is 0 Å². The minimum absolute atomic E-state index is 0.0601. The summed E-state index contributed by atoms with van der Waals surface area (Å²) in [5.41, 5.74) is -1.43. The molecule has 1 heterocycles. The van der Waals surface area contributed by atoms with Crippen molar-refractivity contribution >= 4 is 17.9 Å². The van der Waals surface area contributed by atoms with Crippen molar-refractivity contribution in [2.24, 2.45) is 33.5 Å². The maximum Gasteiger partial charge on any atom is 0.347 e. The quantitative estimate of drug-likeness (QED) is 0.486. The second-order valence-electron chi connectivity index (χ2n) is 12.5. The van der Waals surface area contributed by atoms with Gasteiger partial charge in [-0.15, -0.1) is 0 Å². The molecule has 0 spiro atoms. The normalized spacial score (nSPS) is 35.6. The van der Waals surface area contributed by atoms with Gasteiger partial charge in [-0.2, -0.15) is 0 Å². The lowest BCUT2D eigenvalue weighted by molar-refractivity contribution is -0.187. The molecule has 0 aromatic rings. The van der Waals surface area contributed by atoms with Crippen molar-refractivity contribution in [1.82, 2.24) is 0 Å². The fourth-order valence-electron chi connectivity index (χ4n) is 5.72. The molecule has 0 aromatic heterocycles. The van der Waals surface area contributed by atoms with E-state index in [-0.39, 0.29) is 46.1 Å². The molecule has 1 saturated heterocycles. The highest BCUT2D eigenvalue weighted by Crippen LogP contribution is 2.62. The average Bonchev–Trinajstić information content (AvgIpc) is 3.11. The molecule has 170 valence electrons. The monoisotopic (exact) mass is 422 g/mol. The largest absolute Gasteiger partial charge is 0.458 e. The molecule has 0 N–H and O–H groups in total. The van der Waals surface area contributed by atoms with Gasteiger partial charge in [0.1, 0.15) is 12.2 Å². The van der Waals surface area contributed by atoms with Crippen molar-refractivity contribution in [2.45, 2.75) is 99.9 Å². The predicted octanol–water partition coefficient (Wildman–Crippen LogP) is 4.29. The Kier molecular flexibility index (Phi) is 5.35. The summed E-state index contributed by atoms with van der Waals surface area (Å²) in [6.45, 7) is 17.8. The van der Waals surface area contributed by atoms with Crippen LogP contribution in [0.4, 0.5) is 0 Å². The Labute approximate surface area is 180 Å². The van der Waals surface area contributed by atoms with Crippen LogP contribution in [0.5, 0.6) is 0 Å². The highest BCUT2D eigenvalue weighted by Gasteiger charge is 2.68. The number of hydrogen-bond donors (Lipinski definition) is 0. The van der Waals surface area contributed by atoms with Gasteiger partial charge < -0.3 is 14.2 Å². The number of carbonyl (C=O) groups is 3. The first kappa shape index (κ1) is 23.1. The van der Waals surface area contributed by atoms with E-state index in [9.17, 15) is 14.4 Å². The molecular formula is C24H38O6. The molecular weight excluding hydrogens is 384 g/mol. The predicted molar refractivity (Wildman–Crippen MR) is 111 cm³/mol.